The van der Waals surface area contributed by atoms with Gasteiger partial charge in [0.15, 0.2) is 0 Å². The lowest BCUT2D eigenvalue weighted by atomic mass is 10.1. The summed E-state index contributed by atoms with van der Waals surface area (Å²) in [5.41, 5.74) is 1.96. The van der Waals surface area contributed by atoms with Gasteiger partial charge in [0.2, 0.25) is 0 Å². The lowest BCUT2D eigenvalue weighted by molar-refractivity contribution is -0.159. The van der Waals surface area contributed by atoms with Crippen molar-refractivity contribution in [2.24, 2.45) is 0 Å². The molecule has 3 N–H and O–H groups in total. The summed E-state index contributed by atoms with van der Waals surface area (Å²) >= 11 is 3.45. The van der Waals surface area contributed by atoms with Gasteiger partial charge in [-0.2, -0.15) is 0 Å². The molecule has 2 aromatic rings. The average molecular weight is 469 g/mol. The van der Waals surface area contributed by atoms with E-state index < -0.39 is 11.9 Å². The van der Waals surface area contributed by atoms with Crippen molar-refractivity contribution in [3.63, 3.8) is 0 Å². The fraction of sp³-hybridized carbons (Fsp3) is 0.300. The first kappa shape index (κ1) is 22.8. The summed E-state index contributed by atoms with van der Waals surface area (Å²) < 4.78 is 14.2. The van der Waals surface area contributed by atoms with Crippen LogP contribution in [0.15, 0.2) is 46.9 Å². The number of halogens is 2. The highest BCUT2D eigenvalue weighted by Gasteiger charge is 2.18. The van der Waals surface area contributed by atoms with Crippen LogP contribution in [0.4, 0.5) is 4.39 Å². The van der Waals surface area contributed by atoms with E-state index in [0.29, 0.717) is 5.75 Å². The van der Waals surface area contributed by atoms with Crippen LogP contribution in [-0.2, 0) is 22.7 Å². The van der Waals surface area contributed by atoms with E-state index in [1.165, 1.54) is 6.07 Å². The number of piperazine rings is 1. The Labute approximate surface area is 176 Å². The van der Waals surface area contributed by atoms with Gasteiger partial charge in [0, 0.05) is 49.3 Å². The van der Waals surface area contributed by atoms with E-state index in [9.17, 15) is 9.50 Å². The average Bonchev–Trinajstić information content (AvgIpc) is 2.67. The summed E-state index contributed by atoms with van der Waals surface area (Å²) in [4.78, 5) is 22.9. The Balaban J connectivity index is 0.000000438. The van der Waals surface area contributed by atoms with Crippen LogP contribution in [0, 0.1) is 5.82 Å². The van der Waals surface area contributed by atoms with Gasteiger partial charge < -0.3 is 15.3 Å². The third-order valence-corrected chi connectivity index (χ3v) is 4.87. The summed E-state index contributed by atoms with van der Waals surface area (Å²) in [6.07, 6.45) is 0. The number of carbonyl (C=O) groups is 2. The van der Waals surface area contributed by atoms with E-state index in [1.807, 2.05) is 18.2 Å². The van der Waals surface area contributed by atoms with Crippen LogP contribution in [-0.4, -0.2) is 63.2 Å². The Hall–Kier alpha value is -2.49. The van der Waals surface area contributed by atoms with E-state index in [2.05, 4.69) is 25.7 Å². The third-order valence-electron chi connectivity index (χ3n) is 4.38. The SMILES string of the molecule is O=C(O)C(=O)O.Oc1ccc(Br)cc1CN1CCN(Cc2cccc(F)c2)CC1. The van der Waals surface area contributed by atoms with Crippen molar-refractivity contribution in [3.8, 4) is 5.75 Å². The molecule has 0 bridgehead atoms. The number of benzene rings is 2. The minimum Gasteiger partial charge on any atom is -0.508 e. The number of hydrogen-bond donors (Lipinski definition) is 3. The topological polar surface area (TPSA) is 101 Å². The summed E-state index contributed by atoms with van der Waals surface area (Å²) in [6, 6.07) is 12.3. The molecule has 1 aliphatic heterocycles. The standard InChI is InChI=1S/C18H20BrFN2O.C2H2O4/c19-16-4-5-18(23)15(11-16)13-22-8-6-21(7-9-22)12-14-2-1-3-17(20)10-14;3-1(4)2(5)6/h1-5,10-11,23H,6-9,12-13H2;(H,3,4)(H,5,6). The van der Waals surface area contributed by atoms with Gasteiger partial charge >= 0.3 is 11.9 Å². The minimum absolute atomic E-state index is 0.175. The van der Waals surface area contributed by atoms with Crippen LogP contribution in [0.25, 0.3) is 0 Å². The molecule has 0 spiro atoms. The van der Waals surface area contributed by atoms with Gasteiger partial charge in [-0.1, -0.05) is 28.1 Å². The first-order valence-electron chi connectivity index (χ1n) is 8.87. The van der Waals surface area contributed by atoms with E-state index in [4.69, 9.17) is 19.8 Å². The fourth-order valence-corrected chi connectivity index (χ4v) is 3.33. The van der Waals surface area contributed by atoms with E-state index in [-0.39, 0.29) is 5.82 Å². The Morgan fingerprint density at radius 2 is 1.52 bits per heavy atom. The highest BCUT2D eigenvalue weighted by Crippen LogP contribution is 2.23. The van der Waals surface area contributed by atoms with Gasteiger partial charge in [0.05, 0.1) is 0 Å². The lowest BCUT2D eigenvalue weighted by Gasteiger charge is -2.34. The molecule has 0 atom stereocenters. The maximum Gasteiger partial charge on any atom is 0.414 e. The number of phenols is 1. The van der Waals surface area contributed by atoms with Crippen molar-refractivity contribution < 1.29 is 29.3 Å². The second-order valence-corrected chi connectivity index (χ2v) is 7.48. The van der Waals surface area contributed by atoms with Gasteiger partial charge in [0.1, 0.15) is 11.6 Å². The predicted molar refractivity (Wildman–Crippen MR) is 108 cm³/mol. The Kier molecular flexibility index (Phi) is 8.56. The first-order chi connectivity index (χ1) is 13.7. The number of hydrogen-bond acceptors (Lipinski definition) is 5. The van der Waals surface area contributed by atoms with E-state index in [1.54, 1.807) is 18.2 Å². The molecular formula is C20H22BrFN2O5. The quantitative estimate of drug-likeness (QED) is 0.592. The molecule has 0 unspecified atom stereocenters. The zero-order chi connectivity index (χ0) is 21.4. The molecular weight excluding hydrogens is 447 g/mol. The predicted octanol–water partition coefficient (Wildman–Crippen LogP) is 2.77. The van der Waals surface area contributed by atoms with Crippen LogP contribution in [0.3, 0.4) is 0 Å². The molecule has 9 heteroatoms. The Bertz CT molecular complexity index is 845. The molecule has 7 nitrogen and oxygen atoms in total. The van der Waals surface area contributed by atoms with Gasteiger partial charge in [-0.3, -0.25) is 9.80 Å². The highest BCUT2D eigenvalue weighted by atomic mass is 79.9. The van der Waals surface area contributed by atoms with Crippen molar-refractivity contribution in [1.82, 2.24) is 9.80 Å². The number of phenolic OH excluding ortho intramolecular Hbond substituents is 1. The van der Waals surface area contributed by atoms with Gasteiger partial charge in [-0.15, -0.1) is 0 Å². The largest absolute Gasteiger partial charge is 0.508 e. The lowest BCUT2D eigenvalue weighted by Crippen LogP contribution is -2.45. The second kappa shape index (κ2) is 10.9. The smallest absolute Gasteiger partial charge is 0.414 e. The molecule has 1 saturated heterocycles. The van der Waals surface area contributed by atoms with Crippen LogP contribution in [0.5, 0.6) is 5.75 Å². The molecule has 3 rings (SSSR count). The van der Waals surface area contributed by atoms with Crippen molar-refractivity contribution >= 4 is 27.9 Å². The monoisotopic (exact) mass is 468 g/mol. The molecule has 0 aromatic heterocycles. The number of carboxylic acids is 2. The zero-order valence-electron chi connectivity index (χ0n) is 15.6. The summed E-state index contributed by atoms with van der Waals surface area (Å²) in [6.45, 7) is 5.33. The van der Waals surface area contributed by atoms with Crippen molar-refractivity contribution in [2.75, 3.05) is 26.2 Å². The van der Waals surface area contributed by atoms with Gasteiger partial charge in [-0.25, -0.2) is 14.0 Å². The van der Waals surface area contributed by atoms with Crippen molar-refractivity contribution in [1.29, 1.82) is 0 Å². The summed E-state index contributed by atoms with van der Waals surface area (Å²) in [7, 11) is 0. The summed E-state index contributed by atoms with van der Waals surface area (Å²) in [5.74, 6) is -3.48. The maximum absolute atomic E-state index is 13.2. The summed E-state index contributed by atoms with van der Waals surface area (Å²) in [5, 5.41) is 24.7. The van der Waals surface area contributed by atoms with E-state index >= 15 is 0 Å². The van der Waals surface area contributed by atoms with E-state index in [0.717, 1.165) is 54.9 Å². The Morgan fingerprint density at radius 1 is 0.931 bits per heavy atom. The highest BCUT2D eigenvalue weighted by molar-refractivity contribution is 9.10. The fourth-order valence-electron chi connectivity index (χ4n) is 2.92. The molecule has 156 valence electrons. The van der Waals surface area contributed by atoms with Crippen LogP contribution in [0.1, 0.15) is 11.1 Å². The zero-order valence-corrected chi connectivity index (χ0v) is 17.2. The molecule has 2 aromatic carbocycles. The number of aromatic hydroxyl groups is 1. The number of rotatable bonds is 4. The molecule has 0 aliphatic carbocycles. The number of nitrogens with zero attached hydrogens (tertiary/aromatic N) is 2. The van der Waals surface area contributed by atoms with Crippen molar-refractivity contribution in [2.45, 2.75) is 13.1 Å². The van der Waals surface area contributed by atoms with Gasteiger partial charge in [0.25, 0.3) is 0 Å². The van der Waals surface area contributed by atoms with Crippen LogP contribution < -0.4 is 0 Å². The van der Waals surface area contributed by atoms with Crippen LogP contribution >= 0.6 is 15.9 Å². The second-order valence-electron chi connectivity index (χ2n) is 6.57. The first-order valence-corrected chi connectivity index (χ1v) is 9.66. The molecule has 1 heterocycles. The molecule has 1 aliphatic rings. The minimum atomic E-state index is -1.82. The number of aliphatic carboxylic acids is 2. The molecule has 0 radical (unpaired) electrons. The molecule has 0 saturated carbocycles. The van der Waals surface area contributed by atoms with Gasteiger partial charge in [-0.05, 0) is 35.9 Å². The third kappa shape index (κ3) is 7.80. The Morgan fingerprint density at radius 3 is 2.07 bits per heavy atom. The molecule has 1 fully saturated rings. The number of carboxylic acid groups (broad SMARTS) is 2. The van der Waals surface area contributed by atoms with Crippen LogP contribution in [0.2, 0.25) is 0 Å². The van der Waals surface area contributed by atoms with Crippen molar-refractivity contribution in [3.05, 3.63) is 63.9 Å². The maximum atomic E-state index is 13.2. The molecule has 29 heavy (non-hydrogen) atoms. The molecule has 0 amide bonds. The normalized spacial score (nSPS) is 14.7.